The number of benzene rings is 4. The highest BCUT2D eigenvalue weighted by Crippen LogP contribution is 2.40. The topological polar surface area (TPSA) is 219 Å². The molecule has 3 saturated carbocycles. The van der Waals surface area contributed by atoms with Crippen LogP contribution in [0.25, 0.3) is 33.0 Å². The molecule has 25 heteroatoms. The highest BCUT2D eigenvalue weighted by molar-refractivity contribution is 6.32. The zero-order valence-corrected chi connectivity index (χ0v) is 67.2. The molecule has 566 valence electrons. The van der Waals surface area contributed by atoms with E-state index >= 15 is 0 Å². The largest absolute Gasteiger partial charge is 0.481 e. The summed E-state index contributed by atoms with van der Waals surface area (Å²) in [5.41, 5.74) is 18.0. The molecule has 21 nitrogen and oxygen atoms in total. The fourth-order valence-corrected chi connectivity index (χ4v) is 18.6. The minimum atomic E-state index is -0.229. The van der Waals surface area contributed by atoms with Gasteiger partial charge in [0, 0.05) is 136 Å². The zero-order valence-electron chi connectivity index (χ0n) is 64.2. The Labute approximate surface area is 644 Å². The fraction of sp³-hybridized carbons (Fsp3) is 0.506. The van der Waals surface area contributed by atoms with Crippen molar-refractivity contribution in [1.29, 1.82) is 0 Å². The van der Waals surface area contributed by atoms with Gasteiger partial charge in [-0.3, -0.25) is 19.5 Å². The lowest BCUT2D eigenvalue weighted by molar-refractivity contribution is -0.718. The monoisotopic (exact) mass is 1520 g/mol. The highest BCUT2D eigenvalue weighted by atomic mass is 35.5. The van der Waals surface area contributed by atoms with Gasteiger partial charge in [0.2, 0.25) is 18.2 Å². The van der Waals surface area contributed by atoms with Gasteiger partial charge in [0.1, 0.15) is 11.0 Å². The second-order valence-corrected chi connectivity index (χ2v) is 31.6. The maximum Gasteiger partial charge on any atom is 0.283 e. The average Bonchev–Trinajstić information content (AvgIpc) is 0.883. The number of nitrogens with one attached hydrogen (secondary N) is 6. The van der Waals surface area contributed by atoms with Crippen molar-refractivity contribution in [3.63, 3.8) is 0 Å². The standard InChI is InChI=1S/C81H105Cl4N17O4/c1-15-99(59-24-18-56(19-25-59)96(10)11)69-36-54(83)34-63(48(69)6)79(104)87-40-67-76-73(90-44-92-76)51(9)102(77(67)85)45-98(13)58-22-28-61(29-23-58)101(17-3)70-37-53(82)33-62(47(70)5)78(103)86-39-66-52(32-46(4)72-75(66)91-43-89-72)30-31-97(12)57-20-26-60(27-21-57)100(16-2)71-38-55(84)35-64(49(71)7)80(105)88-41-68-74-65(42-93-95-74)50(8)94-81(68)106-14/h32-38,42-44,56-61H,15-31,39-41,45H2,1-14H3,(H5,86,87,88,89,91,93,94,95,103,104,105)/p+1. The number of nitrogens with zero attached hydrogens (tertiary/aromatic N) is 11. The Morgan fingerprint density at radius 2 is 0.972 bits per heavy atom. The van der Waals surface area contributed by atoms with Gasteiger partial charge in [0.05, 0.1) is 72.4 Å². The van der Waals surface area contributed by atoms with Crippen LogP contribution in [0.2, 0.25) is 20.2 Å². The number of aromatic nitrogens is 8. The molecule has 0 spiro atoms. The Kier molecular flexibility index (Phi) is 24.8. The molecule has 0 saturated heterocycles. The first-order valence-electron chi connectivity index (χ1n) is 37.9. The van der Waals surface area contributed by atoms with E-state index in [1.165, 1.54) is 5.56 Å². The summed E-state index contributed by atoms with van der Waals surface area (Å²) < 4.78 is 7.75. The van der Waals surface area contributed by atoms with Crippen LogP contribution in [-0.4, -0.2) is 165 Å². The molecule has 0 radical (unpaired) electrons. The number of hydrogen-bond acceptors (Lipinski definition) is 14. The lowest BCUT2D eigenvalue weighted by atomic mass is 9.88. The van der Waals surface area contributed by atoms with Crippen LogP contribution in [0.3, 0.4) is 0 Å². The van der Waals surface area contributed by atoms with E-state index in [-0.39, 0.29) is 48.9 Å². The first-order valence-corrected chi connectivity index (χ1v) is 39.4. The van der Waals surface area contributed by atoms with Crippen molar-refractivity contribution in [3.05, 3.63) is 154 Å². The number of H-pyrrole nitrogens is 3. The lowest BCUT2D eigenvalue weighted by Crippen LogP contribution is -2.51. The first-order chi connectivity index (χ1) is 50.9. The number of ether oxygens (including phenoxy) is 1. The van der Waals surface area contributed by atoms with Crippen molar-refractivity contribution in [1.82, 2.24) is 65.8 Å². The summed E-state index contributed by atoms with van der Waals surface area (Å²) in [7, 11) is 10.3. The molecule has 0 aliphatic heterocycles. The minimum Gasteiger partial charge on any atom is -0.481 e. The Balaban J connectivity index is 0.657. The Hall–Kier alpha value is -7.76. The van der Waals surface area contributed by atoms with Crippen molar-refractivity contribution < 1.29 is 23.7 Å². The molecule has 5 aromatic heterocycles. The Bertz CT molecular complexity index is 4680. The van der Waals surface area contributed by atoms with Crippen LogP contribution in [0.15, 0.2) is 61.3 Å². The average molecular weight is 1520 g/mol. The smallest absolute Gasteiger partial charge is 0.283 e. The third kappa shape index (κ3) is 16.2. The number of anilines is 3. The SMILES string of the molecule is CCN(c1cc(Cl)cc(C(=O)NCc2c(Cl)[n+](CN(C)C3CCC(N(CC)c4cc(Cl)cc(C(=O)NCc5c(CCN(C)C6CCC(N(CC)c7cc(Cl)cc(C(=O)NCc8c(OC)nc(C)c9cn[nH]c89)c7C)CC6)cc(C)c6nc[nH]c56)c4C)CC3)c(C)c3[nH]cnc23)c1C)C1CCC(N(C)C)CC1. The number of hydrogen-bond donors (Lipinski definition) is 6. The molecule has 0 unspecified atom stereocenters. The normalized spacial score (nSPS) is 18.5. The molecular formula is C81H106Cl4N17O4+. The van der Waals surface area contributed by atoms with Crippen molar-refractivity contribution in [2.45, 2.75) is 208 Å². The van der Waals surface area contributed by atoms with Crippen LogP contribution >= 0.6 is 46.4 Å². The summed E-state index contributed by atoms with van der Waals surface area (Å²) in [6, 6.07) is 15.7. The molecule has 3 amide bonds. The first kappa shape index (κ1) is 77.8. The van der Waals surface area contributed by atoms with E-state index in [2.05, 4.69) is 144 Å². The molecule has 0 bridgehead atoms. The molecule has 4 aromatic carbocycles. The Morgan fingerprint density at radius 1 is 0.538 bits per heavy atom. The predicted molar refractivity (Wildman–Crippen MR) is 429 cm³/mol. The molecule has 106 heavy (non-hydrogen) atoms. The van der Waals surface area contributed by atoms with E-state index in [0.29, 0.717) is 74.1 Å². The van der Waals surface area contributed by atoms with Gasteiger partial charge in [-0.1, -0.05) is 40.9 Å². The summed E-state index contributed by atoms with van der Waals surface area (Å²) in [6.07, 6.45) is 18.2. The van der Waals surface area contributed by atoms with E-state index in [1.807, 2.05) is 45.9 Å². The summed E-state index contributed by atoms with van der Waals surface area (Å²) in [4.78, 5) is 78.4. The van der Waals surface area contributed by atoms with Crippen LogP contribution in [0, 0.1) is 41.5 Å². The van der Waals surface area contributed by atoms with E-state index in [9.17, 15) is 14.4 Å². The number of carbonyl (C=O) groups is 3. The molecular weight excluding hydrogens is 1420 g/mol. The second-order valence-electron chi connectivity index (χ2n) is 29.9. The minimum absolute atomic E-state index is 0.177. The highest BCUT2D eigenvalue weighted by Gasteiger charge is 2.36. The second kappa shape index (κ2) is 33.8. The quantitative estimate of drug-likeness (QED) is 0.0208. The number of aryl methyl sites for hydroxylation is 3. The zero-order chi connectivity index (χ0) is 75.5. The summed E-state index contributed by atoms with van der Waals surface area (Å²) in [6.45, 7) is 23.1. The number of halogens is 4. The lowest BCUT2D eigenvalue weighted by Gasteiger charge is -2.41. The van der Waals surface area contributed by atoms with Crippen LogP contribution in [-0.2, 0) is 32.7 Å². The van der Waals surface area contributed by atoms with Crippen LogP contribution < -0.4 is 40.0 Å². The molecule has 5 heterocycles. The molecule has 12 rings (SSSR count). The summed E-state index contributed by atoms with van der Waals surface area (Å²) in [5, 5.41) is 19.9. The van der Waals surface area contributed by atoms with Crippen LogP contribution in [0.4, 0.5) is 17.1 Å². The van der Waals surface area contributed by atoms with Gasteiger partial charge in [-0.05, 0) is 243 Å². The molecule has 6 N–H and O–H groups in total. The van der Waals surface area contributed by atoms with Crippen molar-refractivity contribution in [3.8, 4) is 5.88 Å². The summed E-state index contributed by atoms with van der Waals surface area (Å²) >= 11 is 28.2. The number of aromatic amines is 3. The number of methoxy groups -OCH3 is 1. The number of likely N-dealkylation sites (N-methyl/N-ethyl adjacent to an activating group) is 1. The number of carbonyl (C=O) groups excluding carboxylic acids is 3. The molecule has 3 fully saturated rings. The van der Waals surface area contributed by atoms with E-state index < -0.39 is 0 Å². The van der Waals surface area contributed by atoms with Gasteiger partial charge in [-0.25, -0.2) is 19.9 Å². The van der Waals surface area contributed by atoms with Crippen molar-refractivity contribution in [2.24, 2.45) is 0 Å². The molecule has 0 atom stereocenters. The van der Waals surface area contributed by atoms with E-state index in [1.54, 1.807) is 44.2 Å². The van der Waals surface area contributed by atoms with Crippen LogP contribution in [0.1, 0.15) is 185 Å². The molecule has 3 aliphatic rings. The number of fused-ring (bicyclic) bond motifs is 3. The molecule has 9 aromatic rings. The van der Waals surface area contributed by atoms with Crippen LogP contribution in [0.5, 0.6) is 5.88 Å². The summed E-state index contributed by atoms with van der Waals surface area (Å²) in [5.74, 6) is -0.185. The Morgan fingerprint density at radius 3 is 1.44 bits per heavy atom. The van der Waals surface area contributed by atoms with E-state index in [4.69, 9.17) is 61.1 Å². The van der Waals surface area contributed by atoms with Gasteiger partial charge in [0.15, 0.2) is 0 Å². The number of pyridine rings is 2. The third-order valence-corrected chi connectivity index (χ3v) is 24.8. The van der Waals surface area contributed by atoms with Gasteiger partial charge < -0.3 is 55.2 Å². The number of amides is 3. The van der Waals surface area contributed by atoms with E-state index in [0.717, 1.165) is 210 Å². The third-order valence-electron chi connectivity index (χ3n) is 23.7. The van der Waals surface area contributed by atoms with Gasteiger partial charge in [0.25, 0.3) is 22.9 Å². The van der Waals surface area contributed by atoms with Crippen molar-refractivity contribution >= 4 is 114 Å². The number of imidazole rings is 2. The van der Waals surface area contributed by atoms with Gasteiger partial charge >= 0.3 is 0 Å². The fourth-order valence-electron chi connectivity index (χ4n) is 17.6. The molecule has 3 aliphatic carbocycles. The van der Waals surface area contributed by atoms with Gasteiger partial charge in [-0.2, -0.15) is 9.67 Å². The maximum atomic E-state index is 14.7. The van der Waals surface area contributed by atoms with Gasteiger partial charge in [-0.15, -0.1) is 0 Å². The number of rotatable bonds is 27. The maximum absolute atomic E-state index is 14.7. The predicted octanol–water partition coefficient (Wildman–Crippen LogP) is 15.0. The van der Waals surface area contributed by atoms with Crippen molar-refractivity contribution in [2.75, 3.05) is 76.2 Å².